The van der Waals surface area contributed by atoms with Crippen molar-refractivity contribution in [2.24, 2.45) is 5.73 Å². The second-order valence-corrected chi connectivity index (χ2v) is 7.93. The predicted octanol–water partition coefficient (Wildman–Crippen LogP) is 3.54. The van der Waals surface area contributed by atoms with Gasteiger partial charge in [-0.05, 0) is 48.7 Å². The summed E-state index contributed by atoms with van der Waals surface area (Å²) in [5.74, 6) is 0.0244. The van der Waals surface area contributed by atoms with Gasteiger partial charge in [-0.2, -0.15) is 0 Å². The Kier molecular flexibility index (Phi) is 5.57. The monoisotopic (exact) mass is 407 g/mol. The van der Waals surface area contributed by atoms with E-state index in [2.05, 4.69) is 6.07 Å². The summed E-state index contributed by atoms with van der Waals surface area (Å²) in [4.78, 5) is 30.2. The maximum absolute atomic E-state index is 12.8. The van der Waals surface area contributed by atoms with Crippen LogP contribution in [0.3, 0.4) is 0 Å². The Morgan fingerprint density at radius 3 is 2.76 bits per heavy atom. The highest BCUT2D eigenvalue weighted by Crippen LogP contribution is 2.36. The molecule has 4 rings (SSSR count). The summed E-state index contributed by atoms with van der Waals surface area (Å²) in [5.41, 5.74) is 6.93. The zero-order valence-corrected chi connectivity index (χ0v) is 16.6. The van der Waals surface area contributed by atoms with Crippen LogP contribution in [0.1, 0.15) is 29.5 Å². The first kappa shape index (κ1) is 19.1. The molecule has 2 N–H and O–H groups in total. The van der Waals surface area contributed by atoms with Crippen molar-refractivity contribution in [3.05, 3.63) is 65.2 Å². The number of carbonyl (C=O) groups is 2. The predicted molar refractivity (Wildman–Crippen MR) is 113 cm³/mol. The first-order chi connectivity index (χ1) is 14.1. The molecule has 148 valence electrons. The van der Waals surface area contributed by atoms with Gasteiger partial charge < -0.3 is 15.4 Å². The number of fused-ring (bicyclic) bond motifs is 1. The van der Waals surface area contributed by atoms with Crippen molar-refractivity contribution in [3.8, 4) is 5.75 Å². The number of primary amides is 1. The fraction of sp³-hybridized carbons (Fsp3) is 0.227. The van der Waals surface area contributed by atoms with Crippen molar-refractivity contribution in [1.82, 2.24) is 9.88 Å². The average Bonchev–Trinajstić information content (AvgIpc) is 3.37. The number of aromatic nitrogens is 1. The van der Waals surface area contributed by atoms with Gasteiger partial charge in [-0.3, -0.25) is 9.59 Å². The van der Waals surface area contributed by atoms with Gasteiger partial charge in [0, 0.05) is 12.6 Å². The van der Waals surface area contributed by atoms with Crippen molar-refractivity contribution in [3.63, 3.8) is 0 Å². The van der Waals surface area contributed by atoms with Crippen LogP contribution >= 0.6 is 11.3 Å². The molecule has 0 bridgehead atoms. The molecule has 2 aromatic carbocycles. The molecule has 1 aliphatic heterocycles. The smallest absolute Gasteiger partial charge is 0.255 e. The van der Waals surface area contributed by atoms with Crippen LogP contribution in [-0.4, -0.2) is 34.8 Å². The normalized spacial score (nSPS) is 16.6. The Hall–Kier alpha value is -3.19. The maximum Gasteiger partial charge on any atom is 0.255 e. The minimum Gasteiger partial charge on any atom is -0.484 e. The third kappa shape index (κ3) is 4.46. The number of hydrogen-bond acceptors (Lipinski definition) is 5. The van der Waals surface area contributed by atoms with Crippen LogP contribution in [0.25, 0.3) is 16.3 Å². The van der Waals surface area contributed by atoms with Crippen LogP contribution in [0.2, 0.25) is 0 Å². The topological polar surface area (TPSA) is 85.5 Å². The van der Waals surface area contributed by atoms with Crippen molar-refractivity contribution in [2.75, 3.05) is 13.2 Å². The summed E-state index contributed by atoms with van der Waals surface area (Å²) >= 11 is 1.66. The quantitative estimate of drug-likeness (QED) is 0.634. The van der Waals surface area contributed by atoms with Gasteiger partial charge in [-0.25, -0.2) is 4.98 Å². The van der Waals surface area contributed by atoms with Crippen LogP contribution in [-0.2, 0) is 9.59 Å². The standard InChI is InChI=1S/C22H21N3O3S/c23-20(26)14-28-16-10-7-15(8-11-16)9-12-21(27)25-13-3-5-18(25)22-24-17-4-1-2-6-19(17)29-22/h1-2,4,6-12,18H,3,5,13-14H2,(H2,23,26)/b12-9+. The average molecular weight is 407 g/mol. The zero-order chi connectivity index (χ0) is 20.2. The SMILES string of the molecule is NC(=O)COc1ccc(/C=C/C(=O)N2CCCC2c2nc3ccccc3s2)cc1. The molecule has 1 unspecified atom stereocenters. The molecule has 1 aliphatic rings. The molecule has 0 radical (unpaired) electrons. The molecule has 0 aliphatic carbocycles. The molecular formula is C22H21N3O3S. The molecule has 1 fully saturated rings. The Balaban J connectivity index is 1.43. The lowest BCUT2D eigenvalue weighted by Crippen LogP contribution is -2.28. The molecule has 2 amide bonds. The fourth-order valence-corrected chi connectivity index (χ4v) is 4.53. The molecule has 6 nitrogen and oxygen atoms in total. The first-order valence-electron chi connectivity index (χ1n) is 9.45. The van der Waals surface area contributed by atoms with Gasteiger partial charge in [0.05, 0.1) is 16.3 Å². The third-order valence-corrected chi connectivity index (χ3v) is 5.95. The number of amides is 2. The van der Waals surface area contributed by atoms with Gasteiger partial charge in [-0.15, -0.1) is 11.3 Å². The number of benzene rings is 2. The number of nitrogens with zero attached hydrogens (tertiary/aromatic N) is 2. The van der Waals surface area contributed by atoms with E-state index in [1.807, 2.05) is 35.2 Å². The highest BCUT2D eigenvalue weighted by atomic mass is 32.1. The molecule has 1 saturated heterocycles. The molecule has 0 spiro atoms. The molecule has 3 aromatic rings. The van der Waals surface area contributed by atoms with Crippen LogP contribution in [0.15, 0.2) is 54.6 Å². The number of nitrogens with two attached hydrogens (primary N) is 1. The summed E-state index contributed by atoms with van der Waals surface area (Å²) in [6.45, 7) is 0.583. The van der Waals surface area contributed by atoms with E-state index in [0.717, 1.165) is 40.2 Å². The first-order valence-corrected chi connectivity index (χ1v) is 10.3. The maximum atomic E-state index is 12.8. The van der Waals surface area contributed by atoms with E-state index >= 15 is 0 Å². The minimum absolute atomic E-state index is 0.0131. The fourth-order valence-electron chi connectivity index (χ4n) is 3.41. The van der Waals surface area contributed by atoms with E-state index in [-0.39, 0.29) is 18.6 Å². The lowest BCUT2D eigenvalue weighted by molar-refractivity contribution is -0.126. The molecule has 1 aromatic heterocycles. The second-order valence-electron chi connectivity index (χ2n) is 6.87. The van der Waals surface area contributed by atoms with Crippen LogP contribution in [0, 0.1) is 0 Å². The minimum atomic E-state index is -0.520. The summed E-state index contributed by atoms with van der Waals surface area (Å²) in [6, 6.07) is 15.2. The molecular weight excluding hydrogens is 386 g/mol. The van der Waals surface area contributed by atoms with Crippen LogP contribution < -0.4 is 10.5 Å². The van der Waals surface area contributed by atoms with E-state index in [1.54, 1.807) is 35.6 Å². The van der Waals surface area contributed by atoms with Crippen molar-refractivity contribution < 1.29 is 14.3 Å². The molecule has 2 heterocycles. The molecule has 0 saturated carbocycles. The second kappa shape index (κ2) is 8.45. The lowest BCUT2D eigenvalue weighted by atomic mass is 10.2. The number of thiazole rings is 1. The zero-order valence-electron chi connectivity index (χ0n) is 15.8. The Bertz CT molecular complexity index is 1030. The molecule has 1 atom stereocenters. The molecule has 29 heavy (non-hydrogen) atoms. The van der Waals surface area contributed by atoms with E-state index in [4.69, 9.17) is 15.5 Å². The van der Waals surface area contributed by atoms with Crippen molar-refractivity contribution >= 4 is 39.4 Å². The lowest BCUT2D eigenvalue weighted by Gasteiger charge is -2.21. The highest BCUT2D eigenvalue weighted by molar-refractivity contribution is 7.18. The van der Waals surface area contributed by atoms with Gasteiger partial charge in [0.1, 0.15) is 10.8 Å². The highest BCUT2D eigenvalue weighted by Gasteiger charge is 2.31. The summed E-state index contributed by atoms with van der Waals surface area (Å²) < 4.78 is 6.39. The van der Waals surface area contributed by atoms with Crippen LogP contribution in [0.4, 0.5) is 0 Å². The third-order valence-electron chi connectivity index (χ3n) is 4.81. The summed E-state index contributed by atoms with van der Waals surface area (Å²) in [5, 5.41) is 1.00. The summed E-state index contributed by atoms with van der Waals surface area (Å²) in [7, 11) is 0. The Morgan fingerprint density at radius 1 is 1.21 bits per heavy atom. The van der Waals surface area contributed by atoms with Crippen LogP contribution in [0.5, 0.6) is 5.75 Å². The summed E-state index contributed by atoms with van der Waals surface area (Å²) in [6.07, 6.45) is 5.30. The number of likely N-dealkylation sites (tertiary alicyclic amines) is 1. The largest absolute Gasteiger partial charge is 0.484 e. The van der Waals surface area contributed by atoms with Crippen molar-refractivity contribution in [2.45, 2.75) is 18.9 Å². The van der Waals surface area contributed by atoms with E-state index in [1.165, 1.54) is 0 Å². The Morgan fingerprint density at radius 2 is 2.00 bits per heavy atom. The number of rotatable bonds is 6. The van der Waals surface area contributed by atoms with Gasteiger partial charge in [0.25, 0.3) is 5.91 Å². The number of ether oxygens (including phenoxy) is 1. The number of hydrogen-bond donors (Lipinski definition) is 1. The van der Waals surface area contributed by atoms with Gasteiger partial charge >= 0.3 is 0 Å². The molecule has 7 heteroatoms. The number of carbonyl (C=O) groups excluding carboxylic acids is 2. The van der Waals surface area contributed by atoms with Crippen molar-refractivity contribution in [1.29, 1.82) is 0 Å². The number of para-hydroxylation sites is 1. The van der Waals surface area contributed by atoms with Gasteiger partial charge in [-0.1, -0.05) is 24.3 Å². The van der Waals surface area contributed by atoms with E-state index in [9.17, 15) is 9.59 Å². The van der Waals surface area contributed by atoms with Gasteiger partial charge in [0.2, 0.25) is 5.91 Å². The van der Waals surface area contributed by atoms with Gasteiger partial charge in [0.15, 0.2) is 6.61 Å². The van der Waals surface area contributed by atoms with E-state index < -0.39 is 5.91 Å². The van der Waals surface area contributed by atoms with E-state index in [0.29, 0.717) is 5.75 Å². The Labute approximate surface area is 172 Å².